The minimum Gasteiger partial charge on any atom is -0.378 e. The first-order valence-corrected chi connectivity index (χ1v) is 12.7. The number of halogens is 1. The Kier molecular flexibility index (Phi) is 8.07. The first-order valence-electron chi connectivity index (χ1n) is 11.4. The minimum atomic E-state index is -0.444. The van der Waals surface area contributed by atoms with E-state index in [1.54, 1.807) is 24.3 Å². The van der Waals surface area contributed by atoms with E-state index in [-0.39, 0.29) is 11.7 Å². The van der Waals surface area contributed by atoms with Crippen LogP contribution in [0.1, 0.15) is 35.6 Å². The molecule has 1 amide bonds. The minimum absolute atomic E-state index is 0.0205. The van der Waals surface area contributed by atoms with E-state index in [9.17, 15) is 9.59 Å². The van der Waals surface area contributed by atoms with Gasteiger partial charge >= 0.3 is 0 Å². The maximum absolute atomic E-state index is 12.9. The maximum atomic E-state index is 12.9. The fourth-order valence-corrected chi connectivity index (χ4v) is 4.52. The molecule has 3 aromatic carbocycles. The van der Waals surface area contributed by atoms with Gasteiger partial charge in [0.25, 0.3) is 0 Å². The summed E-state index contributed by atoms with van der Waals surface area (Å²) in [4.78, 5) is 24.4. The molecule has 4 rings (SSSR count). The van der Waals surface area contributed by atoms with Gasteiger partial charge in [-0.15, -0.1) is 10.2 Å². The largest absolute Gasteiger partial charge is 0.378 e. The number of amides is 1. The Morgan fingerprint density at radius 3 is 2.36 bits per heavy atom. The molecule has 0 aliphatic rings. The van der Waals surface area contributed by atoms with Gasteiger partial charge in [-0.25, -0.2) is 0 Å². The number of hydrogen-bond donors (Lipinski definition) is 2. The lowest BCUT2D eigenvalue weighted by molar-refractivity contribution is -0.115. The molecule has 4 aromatic rings. The Balaban J connectivity index is 1.51. The second kappa shape index (κ2) is 11.4. The van der Waals surface area contributed by atoms with E-state index in [0.29, 0.717) is 33.8 Å². The van der Waals surface area contributed by atoms with Crippen LogP contribution in [0.5, 0.6) is 0 Å². The molecule has 1 heterocycles. The third-order valence-electron chi connectivity index (χ3n) is 5.55. The van der Waals surface area contributed by atoms with Crippen molar-refractivity contribution in [2.45, 2.75) is 37.7 Å². The zero-order chi connectivity index (χ0) is 25.7. The van der Waals surface area contributed by atoms with Crippen LogP contribution in [-0.2, 0) is 11.3 Å². The summed E-state index contributed by atoms with van der Waals surface area (Å²) < 4.78 is 1.94. The van der Waals surface area contributed by atoms with Gasteiger partial charge < -0.3 is 10.6 Å². The quantitative estimate of drug-likeness (QED) is 0.203. The molecule has 0 spiro atoms. The van der Waals surface area contributed by atoms with Crippen LogP contribution in [0, 0.1) is 6.92 Å². The second-order valence-corrected chi connectivity index (χ2v) is 9.99. The van der Waals surface area contributed by atoms with Crippen LogP contribution >= 0.6 is 23.4 Å². The van der Waals surface area contributed by atoms with Gasteiger partial charge in [0.2, 0.25) is 5.91 Å². The van der Waals surface area contributed by atoms with E-state index in [1.165, 1.54) is 18.7 Å². The van der Waals surface area contributed by atoms with E-state index in [2.05, 4.69) is 20.8 Å². The van der Waals surface area contributed by atoms with Crippen LogP contribution in [0.3, 0.4) is 0 Å². The van der Waals surface area contributed by atoms with Crippen molar-refractivity contribution >= 4 is 46.4 Å². The van der Waals surface area contributed by atoms with Gasteiger partial charge in [-0.1, -0.05) is 47.6 Å². The summed E-state index contributed by atoms with van der Waals surface area (Å²) in [6.45, 7) is 5.71. The first-order chi connectivity index (χ1) is 17.3. The van der Waals surface area contributed by atoms with Gasteiger partial charge in [-0.05, 0) is 74.9 Å². The van der Waals surface area contributed by atoms with Gasteiger partial charge in [-0.2, -0.15) is 0 Å². The van der Waals surface area contributed by atoms with Crippen molar-refractivity contribution in [1.29, 1.82) is 0 Å². The number of carbonyl (C=O) groups is 2. The number of anilines is 2. The topological polar surface area (TPSA) is 88.9 Å². The summed E-state index contributed by atoms with van der Waals surface area (Å²) in [5, 5.41) is 15.9. The Morgan fingerprint density at radius 1 is 1.00 bits per heavy atom. The van der Waals surface area contributed by atoms with E-state index < -0.39 is 5.25 Å². The molecule has 0 fully saturated rings. The van der Waals surface area contributed by atoms with Crippen LogP contribution < -0.4 is 10.6 Å². The van der Waals surface area contributed by atoms with Crippen molar-refractivity contribution in [2.24, 2.45) is 0 Å². The van der Waals surface area contributed by atoms with Gasteiger partial charge in [-0.3, -0.25) is 14.2 Å². The molecule has 7 nitrogen and oxygen atoms in total. The molecule has 0 aliphatic heterocycles. The van der Waals surface area contributed by atoms with Crippen molar-refractivity contribution in [3.63, 3.8) is 0 Å². The van der Waals surface area contributed by atoms with Crippen LogP contribution in [0.2, 0.25) is 5.02 Å². The number of carbonyl (C=O) groups excluding carboxylic acids is 2. The molecule has 1 aromatic heterocycles. The van der Waals surface area contributed by atoms with E-state index >= 15 is 0 Å². The number of nitrogens with one attached hydrogen (secondary N) is 2. The smallest absolute Gasteiger partial charge is 0.237 e. The fourth-order valence-electron chi connectivity index (χ4n) is 3.46. The van der Waals surface area contributed by atoms with Crippen molar-refractivity contribution in [2.75, 3.05) is 10.6 Å². The van der Waals surface area contributed by atoms with Gasteiger partial charge in [0.1, 0.15) is 0 Å². The van der Waals surface area contributed by atoms with Gasteiger partial charge in [0.05, 0.1) is 11.8 Å². The molecule has 0 saturated heterocycles. The number of thioether (sulfide) groups is 1. The normalized spacial score (nSPS) is 11.7. The highest BCUT2D eigenvalue weighted by molar-refractivity contribution is 8.00. The highest BCUT2D eigenvalue weighted by Crippen LogP contribution is 2.27. The zero-order valence-electron chi connectivity index (χ0n) is 20.2. The molecule has 0 aliphatic carbocycles. The molecule has 0 radical (unpaired) electrons. The summed E-state index contributed by atoms with van der Waals surface area (Å²) in [6, 6.07) is 22.4. The number of aromatic nitrogens is 3. The molecule has 1 atom stereocenters. The van der Waals surface area contributed by atoms with Crippen LogP contribution in [0.15, 0.2) is 78.0 Å². The Morgan fingerprint density at radius 2 is 1.69 bits per heavy atom. The Labute approximate surface area is 219 Å². The number of Topliss-reactive ketones (excluding diaryl/α,β-unsaturated/α-hetero) is 1. The van der Waals surface area contributed by atoms with Crippen molar-refractivity contribution < 1.29 is 9.59 Å². The third kappa shape index (κ3) is 6.13. The average Bonchev–Trinajstić information content (AvgIpc) is 3.27. The van der Waals surface area contributed by atoms with Gasteiger partial charge in [0, 0.05) is 27.6 Å². The number of ketones is 1. The number of para-hydroxylation sites is 1. The monoisotopic (exact) mass is 519 g/mol. The molecular formula is C27H26ClN5O2S. The number of rotatable bonds is 9. The summed E-state index contributed by atoms with van der Waals surface area (Å²) in [7, 11) is 0. The summed E-state index contributed by atoms with van der Waals surface area (Å²) in [5.74, 6) is 0.507. The third-order valence-corrected chi connectivity index (χ3v) is 7.00. The predicted octanol–water partition coefficient (Wildman–Crippen LogP) is 6.16. The van der Waals surface area contributed by atoms with Crippen LogP contribution in [0.4, 0.5) is 11.4 Å². The summed E-state index contributed by atoms with van der Waals surface area (Å²) >= 11 is 7.59. The zero-order valence-corrected chi connectivity index (χ0v) is 21.7. The molecule has 9 heteroatoms. The molecule has 0 unspecified atom stereocenters. The fraction of sp³-hybridized carbons (Fsp3) is 0.185. The van der Waals surface area contributed by atoms with E-state index in [0.717, 1.165) is 16.9 Å². The first kappa shape index (κ1) is 25.5. The lowest BCUT2D eigenvalue weighted by atomic mass is 10.1. The highest BCUT2D eigenvalue weighted by Gasteiger charge is 2.21. The Bertz CT molecular complexity index is 1370. The number of nitrogens with zero attached hydrogens (tertiary/aromatic N) is 3. The van der Waals surface area contributed by atoms with Crippen molar-refractivity contribution in [1.82, 2.24) is 14.8 Å². The number of hydrogen-bond acceptors (Lipinski definition) is 6. The maximum Gasteiger partial charge on any atom is 0.237 e. The predicted molar refractivity (Wildman–Crippen MR) is 145 cm³/mol. The summed E-state index contributed by atoms with van der Waals surface area (Å²) in [5.41, 5.74) is 4.02. The van der Waals surface area contributed by atoms with Crippen molar-refractivity contribution in [3.05, 3.63) is 94.8 Å². The highest BCUT2D eigenvalue weighted by atomic mass is 35.5. The number of benzene rings is 3. The molecule has 0 bridgehead atoms. The molecule has 0 saturated carbocycles. The van der Waals surface area contributed by atoms with Crippen LogP contribution in [0.25, 0.3) is 5.69 Å². The SMILES string of the molecule is CC(=O)c1ccc(NC(=O)[C@H](C)Sc2nnc(CNc3ccc(C)c(Cl)c3)n2-c2ccccc2)cc1. The Hall–Kier alpha value is -3.62. The molecule has 36 heavy (non-hydrogen) atoms. The molecular weight excluding hydrogens is 494 g/mol. The van der Waals surface area contributed by atoms with E-state index in [4.69, 9.17) is 11.6 Å². The van der Waals surface area contributed by atoms with Gasteiger partial charge in [0.15, 0.2) is 16.8 Å². The average molecular weight is 520 g/mol. The standard InChI is InChI=1S/C27H26ClN5O2S/c1-17-9-12-22(15-24(17)28)29-16-25-31-32-27(33(25)23-7-5-4-6-8-23)36-19(3)26(35)30-21-13-10-20(11-14-21)18(2)34/h4-15,19,29H,16H2,1-3H3,(H,30,35)/t19-/m0/s1. The van der Waals surface area contributed by atoms with Crippen molar-refractivity contribution in [3.8, 4) is 5.69 Å². The second-order valence-electron chi connectivity index (χ2n) is 8.27. The van der Waals surface area contributed by atoms with E-state index in [1.807, 2.05) is 66.9 Å². The van der Waals surface area contributed by atoms with Crippen LogP contribution in [-0.4, -0.2) is 31.7 Å². The lowest BCUT2D eigenvalue weighted by Crippen LogP contribution is -2.23. The number of aryl methyl sites for hydroxylation is 1. The molecule has 2 N–H and O–H groups in total. The summed E-state index contributed by atoms with van der Waals surface area (Å²) in [6.07, 6.45) is 0. The molecule has 184 valence electrons. The lowest BCUT2D eigenvalue weighted by Gasteiger charge is -2.14.